The quantitative estimate of drug-likeness (QED) is 0.137. The van der Waals surface area contributed by atoms with E-state index in [1.165, 1.54) is 82.2 Å². The lowest BCUT2D eigenvalue weighted by molar-refractivity contribution is 0.669. The van der Waals surface area contributed by atoms with Gasteiger partial charge >= 0.3 is 6.85 Å². The Hall–Kier alpha value is -6.26. The van der Waals surface area contributed by atoms with Crippen molar-refractivity contribution >= 4 is 100 Å². The van der Waals surface area contributed by atoms with E-state index in [2.05, 4.69) is 161 Å². The molecule has 0 bridgehead atoms. The number of rotatable bonds is 1. The molecule has 0 radical (unpaired) electrons. The number of para-hydroxylation sites is 3. The second kappa shape index (κ2) is 8.75. The van der Waals surface area contributed by atoms with E-state index in [-0.39, 0.29) is 6.85 Å². The van der Waals surface area contributed by atoms with E-state index in [0.29, 0.717) is 0 Å². The lowest BCUT2D eigenvalue weighted by atomic mass is 9.44. The summed E-state index contributed by atoms with van der Waals surface area (Å²) in [5.41, 5.74) is 13.2. The number of nitrogens with zero attached hydrogens (tertiary/aromatic N) is 2. The van der Waals surface area contributed by atoms with Crippen molar-refractivity contribution in [3.05, 3.63) is 152 Å². The third kappa shape index (κ3) is 2.97. The van der Waals surface area contributed by atoms with E-state index >= 15 is 0 Å². The average Bonchev–Trinajstić information content (AvgIpc) is 3.68. The molecule has 3 nitrogen and oxygen atoms in total. The molecule has 0 saturated heterocycles. The van der Waals surface area contributed by atoms with Crippen molar-refractivity contribution in [2.24, 2.45) is 0 Å². The van der Waals surface area contributed by atoms with Crippen LogP contribution >= 0.6 is 0 Å². The molecule has 48 heavy (non-hydrogen) atoms. The van der Waals surface area contributed by atoms with Gasteiger partial charge in [-0.3, -0.25) is 0 Å². The predicted molar refractivity (Wildman–Crippen MR) is 202 cm³/mol. The molecule has 0 N–H and O–H groups in total. The van der Waals surface area contributed by atoms with Crippen LogP contribution in [0.15, 0.2) is 156 Å². The van der Waals surface area contributed by atoms with Crippen molar-refractivity contribution in [1.29, 1.82) is 0 Å². The number of anilines is 3. The number of hydrogen-bond acceptors (Lipinski definition) is 2. The summed E-state index contributed by atoms with van der Waals surface area (Å²) in [5.74, 6) is 0. The second-order valence-electron chi connectivity index (χ2n) is 13.2. The molecule has 0 spiro atoms. The van der Waals surface area contributed by atoms with Crippen LogP contribution in [0.1, 0.15) is 0 Å². The molecule has 12 rings (SSSR count). The van der Waals surface area contributed by atoms with E-state index in [1.807, 2.05) is 0 Å². The number of hydrogen-bond donors (Lipinski definition) is 0. The molecule has 0 unspecified atom stereocenters. The van der Waals surface area contributed by atoms with Crippen LogP contribution < -0.4 is 15.8 Å². The van der Waals surface area contributed by atoms with Gasteiger partial charge in [-0.05, 0) is 92.6 Å². The zero-order valence-corrected chi connectivity index (χ0v) is 25.8. The molecule has 220 valence electrons. The highest BCUT2D eigenvalue weighted by molar-refractivity contribution is 6.91. The van der Waals surface area contributed by atoms with Gasteiger partial charge < -0.3 is 13.8 Å². The van der Waals surface area contributed by atoms with Crippen LogP contribution in [-0.4, -0.2) is 11.3 Å². The van der Waals surface area contributed by atoms with Crippen LogP contribution in [0.4, 0.5) is 17.1 Å². The number of fused-ring (bicyclic) bond motifs is 14. The summed E-state index contributed by atoms with van der Waals surface area (Å²) < 4.78 is 9.28. The molecule has 2 aliphatic heterocycles. The first-order valence-electron chi connectivity index (χ1n) is 16.6. The van der Waals surface area contributed by atoms with Crippen LogP contribution in [0.5, 0.6) is 0 Å². The predicted octanol–water partition coefficient (Wildman–Crippen LogP) is 10.4. The molecule has 4 heteroatoms. The Morgan fingerprint density at radius 2 is 1.21 bits per heavy atom. The minimum Gasteiger partial charge on any atom is -0.456 e. The molecule has 0 amide bonds. The first-order valence-corrected chi connectivity index (χ1v) is 16.6. The van der Waals surface area contributed by atoms with Gasteiger partial charge in [-0.25, -0.2) is 0 Å². The number of benzene rings is 8. The lowest BCUT2D eigenvalue weighted by Gasteiger charge is -2.41. The Labute approximate surface area is 275 Å². The Morgan fingerprint density at radius 3 is 2.10 bits per heavy atom. The van der Waals surface area contributed by atoms with Gasteiger partial charge in [-0.15, -0.1) is 0 Å². The molecule has 2 aliphatic rings. The van der Waals surface area contributed by atoms with E-state index in [9.17, 15) is 0 Å². The zero-order valence-electron chi connectivity index (χ0n) is 25.8. The maximum Gasteiger partial charge on any atom is 0.333 e. The van der Waals surface area contributed by atoms with Gasteiger partial charge in [0.2, 0.25) is 0 Å². The minimum atomic E-state index is -0.0264. The summed E-state index contributed by atoms with van der Waals surface area (Å²) in [7, 11) is 0. The van der Waals surface area contributed by atoms with Crippen LogP contribution in [0.3, 0.4) is 0 Å². The minimum absolute atomic E-state index is 0.0264. The van der Waals surface area contributed by atoms with Crippen LogP contribution in [-0.2, 0) is 0 Å². The molecule has 0 fully saturated rings. The average molecular weight is 609 g/mol. The molecule has 10 aromatic rings. The van der Waals surface area contributed by atoms with Crippen LogP contribution in [0, 0.1) is 0 Å². The van der Waals surface area contributed by atoms with Gasteiger partial charge in [0.15, 0.2) is 0 Å². The first kappa shape index (κ1) is 24.9. The van der Waals surface area contributed by atoms with Gasteiger partial charge in [-0.1, -0.05) is 97.1 Å². The largest absolute Gasteiger partial charge is 0.456 e. The fraction of sp³-hybridized carbons (Fsp3) is 0. The molecule has 4 heterocycles. The third-order valence-electron chi connectivity index (χ3n) is 10.9. The Balaban J connectivity index is 1.33. The van der Waals surface area contributed by atoms with Crippen molar-refractivity contribution in [2.75, 3.05) is 4.90 Å². The van der Waals surface area contributed by atoms with Gasteiger partial charge in [0.1, 0.15) is 11.2 Å². The fourth-order valence-corrected chi connectivity index (χ4v) is 9.04. The Bertz CT molecular complexity index is 3030. The summed E-state index contributed by atoms with van der Waals surface area (Å²) >= 11 is 0. The molecule has 2 aromatic heterocycles. The summed E-state index contributed by atoms with van der Waals surface area (Å²) in [5, 5.41) is 9.98. The van der Waals surface area contributed by atoms with E-state index in [0.717, 1.165) is 22.2 Å². The highest BCUT2D eigenvalue weighted by Crippen LogP contribution is 2.49. The molecule has 0 saturated carbocycles. The van der Waals surface area contributed by atoms with Crippen molar-refractivity contribution in [3.8, 4) is 11.1 Å². The monoisotopic (exact) mass is 608 g/mol. The van der Waals surface area contributed by atoms with Crippen LogP contribution in [0.25, 0.3) is 76.4 Å². The van der Waals surface area contributed by atoms with Crippen LogP contribution in [0.2, 0.25) is 0 Å². The van der Waals surface area contributed by atoms with Gasteiger partial charge in [0.25, 0.3) is 0 Å². The zero-order chi connectivity index (χ0) is 31.1. The topological polar surface area (TPSA) is 21.3 Å². The van der Waals surface area contributed by atoms with E-state index in [4.69, 9.17) is 4.42 Å². The van der Waals surface area contributed by atoms with Crippen molar-refractivity contribution in [2.45, 2.75) is 0 Å². The SMILES string of the molecule is c1ccc(N2c3cccc4c3B(c3c2ccc2cc5ccccc5cc32)n2c3ccccc3c3c5c(cc-4c32)oc2ccccc25)cc1. The van der Waals surface area contributed by atoms with Crippen molar-refractivity contribution < 1.29 is 4.42 Å². The normalized spacial score (nSPS) is 13.3. The second-order valence-corrected chi connectivity index (χ2v) is 13.2. The van der Waals surface area contributed by atoms with Gasteiger partial charge in [0, 0.05) is 55.2 Å². The smallest absolute Gasteiger partial charge is 0.333 e. The van der Waals surface area contributed by atoms with E-state index < -0.39 is 0 Å². The van der Waals surface area contributed by atoms with Crippen molar-refractivity contribution in [1.82, 2.24) is 4.48 Å². The molecule has 0 atom stereocenters. The van der Waals surface area contributed by atoms with Crippen molar-refractivity contribution in [3.63, 3.8) is 0 Å². The summed E-state index contributed by atoms with van der Waals surface area (Å²) in [6.45, 7) is -0.0264. The summed E-state index contributed by atoms with van der Waals surface area (Å²) in [4.78, 5) is 2.48. The highest BCUT2D eigenvalue weighted by atomic mass is 16.3. The summed E-state index contributed by atoms with van der Waals surface area (Å²) in [6, 6.07) is 55.6. The molecular weight excluding hydrogens is 583 g/mol. The standard InChI is InChI=1S/C44H25BN2O/c1-2-13-29(14-3-1)46-36-19-10-17-30-34-25-39-40(32-16-7-9-20-38(32)48-39)41-31-15-6-8-18-35(31)47(44(34)41)45(42(30)36)43-33-24-27-12-5-4-11-26(27)23-28(33)21-22-37(43)46/h1-25H. The summed E-state index contributed by atoms with van der Waals surface area (Å²) in [6.07, 6.45) is 0. The lowest BCUT2D eigenvalue weighted by Crippen LogP contribution is -2.56. The Morgan fingerprint density at radius 1 is 0.458 bits per heavy atom. The maximum absolute atomic E-state index is 6.62. The third-order valence-corrected chi connectivity index (χ3v) is 10.9. The molecular formula is C44H25BN2O. The Kier molecular flexibility index (Phi) is 4.54. The van der Waals surface area contributed by atoms with Gasteiger partial charge in [-0.2, -0.15) is 0 Å². The molecule has 8 aromatic carbocycles. The maximum atomic E-state index is 6.62. The van der Waals surface area contributed by atoms with Gasteiger partial charge in [0.05, 0.1) is 0 Å². The fourth-order valence-electron chi connectivity index (χ4n) is 9.04. The number of furan rings is 1. The van der Waals surface area contributed by atoms with E-state index in [1.54, 1.807) is 0 Å². The highest BCUT2D eigenvalue weighted by Gasteiger charge is 2.44. The molecule has 0 aliphatic carbocycles. The number of aromatic nitrogens is 1. The first-order chi connectivity index (χ1) is 23.8.